The van der Waals surface area contributed by atoms with E-state index in [1.54, 1.807) is 16.9 Å². The van der Waals surface area contributed by atoms with Gasteiger partial charge in [-0.05, 0) is 25.1 Å². The standard InChI is InChI=1S/C10H11N3O/c1-8-10(3-2-5-11-8)13-6-4-9(7-14)12-13/h2-6,14H,7H2,1H3. The van der Waals surface area contributed by atoms with E-state index in [2.05, 4.69) is 10.1 Å². The van der Waals surface area contributed by atoms with Crippen LogP contribution in [-0.4, -0.2) is 19.9 Å². The maximum Gasteiger partial charge on any atom is 0.0883 e. The van der Waals surface area contributed by atoms with Crippen LogP contribution in [0.5, 0.6) is 0 Å². The predicted octanol–water partition coefficient (Wildman–Crippen LogP) is 1.07. The minimum absolute atomic E-state index is 0.0354. The number of pyridine rings is 1. The highest BCUT2D eigenvalue weighted by Gasteiger charge is 2.02. The molecule has 0 aliphatic carbocycles. The van der Waals surface area contributed by atoms with Gasteiger partial charge < -0.3 is 5.11 Å². The van der Waals surface area contributed by atoms with Crippen LogP contribution >= 0.6 is 0 Å². The van der Waals surface area contributed by atoms with E-state index in [1.165, 1.54) is 0 Å². The Bertz CT molecular complexity index is 436. The molecule has 72 valence electrons. The highest BCUT2D eigenvalue weighted by atomic mass is 16.3. The average molecular weight is 189 g/mol. The lowest BCUT2D eigenvalue weighted by Gasteiger charge is -2.03. The van der Waals surface area contributed by atoms with Crippen LogP contribution in [-0.2, 0) is 6.61 Å². The van der Waals surface area contributed by atoms with Crippen LogP contribution in [0.3, 0.4) is 0 Å². The Morgan fingerprint density at radius 3 is 2.93 bits per heavy atom. The van der Waals surface area contributed by atoms with Gasteiger partial charge in [-0.15, -0.1) is 0 Å². The summed E-state index contributed by atoms with van der Waals surface area (Å²) in [5, 5.41) is 13.1. The molecule has 4 nitrogen and oxygen atoms in total. The van der Waals surface area contributed by atoms with Crippen molar-refractivity contribution in [1.82, 2.24) is 14.8 Å². The van der Waals surface area contributed by atoms with Gasteiger partial charge in [0.1, 0.15) is 0 Å². The summed E-state index contributed by atoms with van der Waals surface area (Å²) in [6, 6.07) is 5.59. The van der Waals surface area contributed by atoms with E-state index in [0.717, 1.165) is 11.4 Å². The predicted molar refractivity (Wildman–Crippen MR) is 52.0 cm³/mol. The van der Waals surface area contributed by atoms with E-state index in [4.69, 9.17) is 5.11 Å². The van der Waals surface area contributed by atoms with Crippen LogP contribution in [0.1, 0.15) is 11.4 Å². The van der Waals surface area contributed by atoms with Crippen LogP contribution in [0.2, 0.25) is 0 Å². The molecular weight excluding hydrogens is 178 g/mol. The van der Waals surface area contributed by atoms with E-state index in [9.17, 15) is 0 Å². The van der Waals surface area contributed by atoms with Gasteiger partial charge in [0, 0.05) is 12.4 Å². The lowest BCUT2D eigenvalue weighted by molar-refractivity contribution is 0.276. The first-order chi connectivity index (χ1) is 6.81. The number of nitrogens with zero attached hydrogens (tertiary/aromatic N) is 3. The number of hydrogen-bond acceptors (Lipinski definition) is 3. The molecule has 0 saturated heterocycles. The van der Waals surface area contributed by atoms with Crippen molar-refractivity contribution in [1.29, 1.82) is 0 Å². The van der Waals surface area contributed by atoms with E-state index in [1.807, 2.05) is 25.3 Å². The van der Waals surface area contributed by atoms with Gasteiger partial charge in [0.05, 0.1) is 23.7 Å². The van der Waals surface area contributed by atoms with Crippen LogP contribution in [0, 0.1) is 6.92 Å². The van der Waals surface area contributed by atoms with Crippen molar-refractivity contribution in [3.05, 3.63) is 42.0 Å². The van der Waals surface area contributed by atoms with E-state index >= 15 is 0 Å². The molecule has 0 saturated carbocycles. The monoisotopic (exact) mass is 189 g/mol. The Balaban J connectivity index is 2.44. The van der Waals surface area contributed by atoms with Gasteiger partial charge in [0.2, 0.25) is 0 Å². The second-order valence-electron chi connectivity index (χ2n) is 3.02. The minimum Gasteiger partial charge on any atom is -0.390 e. The summed E-state index contributed by atoms with van der Waals surface area (Å²) in [6.07, 6.45) is 3.56. The third kappa shape index (κ3) is 1.52. The Morgan fingerprint density at radius 1 is 1.43 bits per heavy atom. The van der Waals surface area contributed by atoms with E-state index < -0.39 is 0 Å². The number of rotatable bonds is 2. The maximum atomic E-state index is 8.88. The molecule has 2 rings (SSSR count). The molecule has 0 amide bonds. The number of hydrogen-bond donors (Lipinski definition) is 1. The molecule has 0 unspecified atom stereocenters. The van der Waals surface area contributed by atoms with Crippen LogP contribution < -0.4 is 0 Å². The fourth-order valence-corrected chi connectivity index (χ4v) is 1.30. The molecule has 0 aromatic carbocycles. The summed E-state index contributed by atoms with van der Waals surface area (Å²) < 4.78 is 1.72. The molecule has 0 bridgehead atoms. The molecule has 2 aromatic heterocycles. The Hall–Kier alpha value is -1.68. The van der Waals surface area contributed by atoms with Crippen molar-refractivity contribution >= 4 is 0 Å². The Labute approximate surface area is 81.8 Å². The molecule has 2 heterocycles. The molecule has 0 atom stereocenters. The Morgan fingerprint density at radius 2 is 2.29 bits per heavy atom. The number of aliphatic hydroxyl groups excluding tert-OH is 1. The van der Waals surface area contributed by atoms with Crippen LogP contribution in [0.15, 0.2) is 30.6 Å². The number of aliphatic hydroxyl groups is 1. The molecule has 0 aliphatic heterocycles. The third-order valence-electron chi connectivity index (χ3n) is 2.03. The first kappa shape index (κ1) is 8.90. The summed E-state index contributed by atoms with van der Waals surface area (Å²) >= 11 is 0. The first-order valence-corrected chi connectivity index (χ1v) is 4.38. The van der Waals surface area contributed by atoms with Crippen molar-refractivity contribution in [3.63, 3.8) is 0 Å². The zero-order valence-corrected chi connectivity index (χ0v) is 7.88. The molecule has 0 aliphatic rings. The van der Waals surface area contributed by atoms with Gasteiger partial charge in [-0.3, -0.25) is 4.98 Å². The number of aryl methyl sites for hydroxylation is 1. The summed E-state index contributed by atoms with van der Waals surface area (Å²) in [7, 11) is 0. The summed E-state index contributed by atoms with van der Waals surface area (Å²) in [5.74, 6) is 0. The molecule has 4 heteroatoms. The summed E-state index contributed by atoms with van der Waals surface area (Å²) in [6.45, 7) is 1.89. The lowest BCUT2D eigenvalue weighted by atomic mass is 10.3. The van der Waals surface area contributed by atoms with E-state index in [-0.39, 0.29) is 6.61 Å². The Kier molecular flexibility index (Phi) is 2.28. The summed E-state index contributed by atoms with van der Waals surface area (Å²) in [5.41, 5.74) is 2.51. The number of aromatic nitrogens is 3. The quantitative estimate of drug-likeness (QED) is 0.768. The molecule has 0 radical (unpaired) electrons. The van der Waals surface area contributed by atoms with Crippen LogP contribution in [0.4, 0.5) is 0 Å². The van der Waals surface area contributed by atoms with Crippen molar-refractivity contribution in [2.24, 2.45) is 0 Å². The topological polar surface area (TPSA) is 50.9 Å². The van der Waals surface area contributed by atoms with Crippen molar-refractivity contribution in [3.8, 4) is 5.69 Å². The normalized spacial score (nSPS) is 10.4. The van der Waals surface area contributed by atoms with Gasteiger partial charge in [0.25, 0.3) is 0 Å². The van der Waals surface area contributed by atoms with Gasteiger partial charge in [-0.2, -0.15) is 5.10 Å². The largest absolute Gasteiger partial charge is 0.390 e. The smallest absolute Gasteiger partial charge is 0.0883 e. The molecule has 14 heavy (non-hydrogen) atoms. The van der Waals surface area contributed by atoms with Crippen LogP contribution in [0.25, 0.3) is 5.69 Å². The van der Waals surface area contributed by atoms with Gasteiger partial charge in [0.15, 0.2) is 0 Å². The van der Waals surface area contributed by atoms with E-state index in [0.29, 0.717) is 5.69 Å². The molecule has 0 spiro atoms. The van der Waals surface area contributed by atoms with Crippen molar-refractivity contribution in [2.45, 2.75) is 13.5 Å². The molecule has 0 fully saturated rings. The van der Waals surface area contributed by atoms with Gasteiger partial charge in [-0.1, -0.05) is 0 Å². The molecule has 2 aromatic rings. The second kappa shape index (κ2) is 3.59. The average Bonchev–Trinajstić information content (AvgIpc) is 2.67. The molecule has 1 N–H and O–H groups in total. The summed E-state index contributed by atoms with van der Waals surface area (Å²) in [4.78, 5) is 4.17. The third-order valence-corrected chi connectivity index (χ3v) is 2.03. The van der Waals surface area contributed by atoms with Gasteiger partial charge in [-0.25, -0.2) is 4.68 Å². The second-order valence-corrected chi connectivity index (χ2v) is 3.02. The van der Waals surface area contributed by atoms with Crippen molar-refractivity contribution < 1.29 is 5.11 Å². The molecular formula is C10H11N3O. The fraction of sp³-hybridized carbons (Fsp3) is 0.200. The minimum atomic E-state index is -0.0354. The highest BCUT2D eigenvalue weighted by Crippen LogP contribution is 2.10. The van der Waals surface area contributed by atoms with Crippen molar-refractivity contribution in [2.75, 3.05) is 0 Å². The zero-order chi connectivity index (χ0) is 9.97. The maximum absolute atomic E-state index is 8.88. The first-order valence-electron chi connectivity index (χ1n) is 4.38. The van der Waals surface area contributed by atoms with Gasteiger partial charge >= 0.3 is 0 Å². The highest BCUT2D eigenvalue weighted by molar-refractivity contribution is 5.34. The zero-order valence-electron chi connectivity index (χ0n) is 7.88. The SMILES string of the molecule is Cc1ncccc1-n1ccc(CO)n1. The fourth-order valence-electron chi connectivity index (χ4n) is 1.30. The lowest BCUT2D eigenvalue weighted by Crippen LogP contribution is -1.99.